The maximum atomic E-state index is 13.1. The fourth-order valence-corrected chi connectivity index (χ4v) is 5.82. The highest BCUT2D eigenvalue weighted by Crippen LogP contribution is 2.40. The molecule has 5 rings (SSSR count). The Labute approximate surface area is 197 Å². The first-order chi connectivity index (χ1) is 16.0. The summed E-state index contributed by atoms with van der Waals surface area (Å²) < 4.78 is 5.51. The number of amides is 1. The monoisotopic (exact) mass is 459 g/mol. The Bertz CT molecular complexity index is 1240. The van der Waals surface area contributed by atoms with E-state index in [4.69, 9.17) is 9.84 Å². The Kier molecular flexibility index (Phi) is 5.85. The molecule has 6 heteroatoms. The normalized spacial score (nSPS) is 14.3. The second-order valence-corrected chi connectivity index (χ2v) is 9.53. The van der Waals surface area contributed by atoms with Crippen molar-refractivity contribution in [3.63, 3.8) is 0 Å². The van der Waals surface area contributed by atoms with Crippen molar-refractivity contribution in [2.75, 3.05) is 11.5 Å². The van der Waals surface area contributed by atoms with Crippen LogP contribution in [0.3, 0.4) is 0 Å². The maximum absolute atomic E-state index is 13.1. The van der Waals surface area contributed by atoms with Gasteiger partial charge in [0.05, 0.1) is 6.54 Å². The van der Waals surface area contributed by atoms with Crippen LogP contribution in [0.4, 0.5) is 5.69 Å². The molecule has 0 saturated heterocycles. The van der Waals surface area contributed by atoms with Crippen molar-refractivity contribution in [2.24, 2.45) is 0 Å². The Morgan fingerprint density at radius 1 is 1.03 bits per heavy atom. The van der Waals surface area contributed by atoms with E-state index in [1.54, 1.807) is 11.8 Å². The minimum absolute atomic E-state index is 0.0570. The van der Waals surface area contributed by atoms with E-state index in [-0.39, 0.29) is 12.5 Å². The van der Waals surface area contributed by atoms with E-state index in [0.717, 1.165) is 47.4 Å². The highest BCUT2D eigenvalue weighted by Gasteiger charge is 2.30. The summed E-state index contributed by atoms with van der Waals surface area (Å²) in [5.74, 6) is 0.558. The summed E-state index contributed by atoms with van der Waals surface area (Å²) in [5.41, 5.74) is 7.58. The number of aliphatic carboxylic acids is 1. The van der Waals surface area contributed by atoms with Crippen molar-refractivity contribution < 1.29 is 19.4 Å². The molecule has 0 aromatic heterocycles. The minimum Gasteiger partial charge on any atom is -0.482 e. The molecule has 3 aromatic carbocycles. The fraction of sp³-hybridized carbons (Fsp3) is 0.259. The molecule has 1 amide bonds. The molecule has 0 atom stereocenters. The molecule has 0 unspecified atom stereocenters. The van der Waals surface area contributed by atoms with E-state index in [9.17, 15) is 9.59 Å². The van der Waals surface area contributed by atoms with Gasteiger partial charge in [0.25, 0.3) is 5.91 Å². The van der Waals surface area contributed by atoms with E-state index >= 15 is 0 Å². The zero-order valence-corrected chi connectivity index (χ0v) is 19.3. The smallest absolute Gasteiger partial charge is 0.341 e. The van der Waals surface area contributed by atoms with E-state index in [0.29, 0.717) is 12.3 Å². The summed E-state index contributed by atoms with van der Waals surface area (Å²) in [5, 5.41) is 8.93. The molecule has 1 aliphatic carbocycles. The third kappa shape index (κ3) is 4.23. The third-order valence-corrected chi connectivity index (χ3v) is 7.49. The van der Waals surface area contributed by atoms with Gasteiger partial charge in [-0.3, -0.25) is 4.79 Å². The zero-order valence-electron chi connectivity index (χ0n) is 18.5. The molecule has 0 bridgehead atoms. The molecule has 0 spiro atoms. The number of carboxylic acid groups (broad SMARTS) is 1. The average Bonchev–Trinajstić information content (AvgIpc) is 3.43. The molecule has 0 fully saturated rings. The van der Waals surface area contributed by atoms with Crippen molar-refractivity contribution in [2.45, 2.75) is 43.4 Å². The van der Waals surface area contributed by atoms with Gasteiger partial charge >= 0.3 is 5.97 Å². The van der Waals surface area contributed by atoms with E-state index in [1.165, 1.54) is 21.6 Å². The number of anilines is 1. The summed E-state index contributed by atoms with van der Waals surface area (Å²) in [6.45, 7) is 2.32. The molecule has 1 heterocycles. The van der Waals surface area contributed by atoms with Crippen molar-refractivity contribution in [3.8, 4) is 5.75 Å². The highest BCUT2D eigenvalue weighted by molar-refractivity contribution is 7.98. The van der Waals surface area contributed by atoms with Gasteiger partial charge in [-0.15, -0.1) is 11.8 Å². The number of nitrogens with zero attached hydrogens (tertiary/aromatic N) is 1. The molecule has 3 aromatic rings. The first-order valence-electron chi connectivity index (χ1n) is 11.1. The molecule has 0 radical (unpaired) electrons. The molecule has 33 heavy (non-hydrogen) atoms. The summed E-state index contributed by atoms with van der Waals surface area (Å²) in [6.07, 6.45) is 2.95. The number of carbonyl (C=O) groups is 2. The van der Waals surface area contributed by atoms with Crippen molar-refractivity contribution in [3.05, 3.63) is 88.0 Å². The second-order valence-electron chi connectivity index (χ2n) is 8.51. The van der Waals surface area contributed by atoms with Crippen molar-refractivity contribution >= 4 is 29.3 Å². The molecular weight excluding hydrogens is 434 g/mol. The third-order valence-electron chi connectivity index (χ3n) is 6.34. The first-order valence-corrected chi connectivity index (χ1v) is 12.1. The SMILES string of the molecule is Cc1ccc(N2Cc3c(CSc4ccc(OCC(=O)O)c5c4CCC5)cccc3C2=O)cc1. The number of thioether (sulfide) groups is 1. The number of aryl methyl sites for hydroxylation is 1. The van der Waals surface area contributed by atoms with Crippen LogP contribution in [0.25, 0.3) is 0 Å². The van der Waals surface area contributed by atoms with Gasteiger partial charge in [0.1, 0.15) is 5.75 Å². The van der Waals surface area contributed by atoms with Crippen LogP contribution in [0.2, 0.25) is 0 Å². The zero-order chi connectivity index (χ0) is 22.9. The van der Waals surface area contributed by atoms with Crippen molar-refractivity contribution in [1.82, 2.24) is 0 Å². The van der Waals surface area contributed by atoms with Crippen LogP contribution < -0.4 is 9.64 Å². The predicted octanol–water partition coefficient (Wildman–Crippen LogP) is 5.40. The van der Waals surface area contributed by atoms with Gasteiger partial charge in [-0.2, -0.15) is 0 Å². The number of rotatable bonds is 7. The quantitative estimate of drug-likeness (QED) is 0.479. The molecule has 5 nitrogen and oxygen atoms in total. The summed E-state index contributed by atoms with van der Waals surface area (Å²) in [4.78, 5) is 27.0. The van der Waals surface area contributed by atoms with Gasteiger partial charge in [0.15, 0.2) is 6.61 Å². The lowest BCUT2D eigenvalue weighted by Gasteiger charge is -2.16. The average molecular weight is 460 g/mol. The van der Waals surface area contributed by atoms with Crippen LogP contribution in [-0.2, 0) is 29.9 Å². The Morgan fingerprint density at radius 2 is 1.82 bits per heavy atom. The Balaban J connectivity index is 1.36. The maximum Gasteiger partial charge on any atom is 0.341 e. The van der Waals surface area contributed by atoms with Crippen molar-refractivity contribution in [1.29, 1.82) is 0 Å². The lowest BCUT2D eigenvalue weighted by atomic mass is 10.0. The van der Waals surface area contributed by atoms with Crippen LogP contribution in [0, 0.1) is 6.92 Å². The van der Waals surface area contributed by atoms with Crippen LogP contribution >= 0.6 is 11.8 Å². The van der Waals surface area contributed by atoms with Gasteiger partial charge in [0.2, 0.25) is 0 Å². The molecule has 168 valence electrons. The number of benzene rings is 3. The lowest BCUT2D eigenvalue weighted by Crippen LogP contribution is -2.22. The largest absolute Gasteiger partial charge is 0.482 e. The van der Waals surface area contributed by atoms with Crippen LogP contribution in [0.5, 0.6) is 5.75 Å². The molecule has 0 saturated carbocycles. The highest BCUT2D eigenvalue weighted by atomic mass is 32.2. The number of fused-ring (bicyclic) bond motifs is 2. The first kappa shape index (κ1) is 21.6. The molecule has 1 aliphatic heterocycles. The molecular formula is C27H25NO4S. The molecule has 1 N–H and O–H groups in total. The van der Waals surface area contributed by atoms with E-state index < -0.39 is 5.97 Å². The van der Waals surface area contributed by atoms with Gasteiger partial charge in [-0.1, -0.05) is 29.8 Å². The summed E-state index contributed by atoms with van der Waals surface area (Å²) >= 11 is 1.78. The van der Waals surface area contributed by atoms with Gasteiger partial charge < -0.3 is 14.7 Å². The summed E-state index contributed by atoms with van der Waals surface area (Å²) in [7, 11) is 0. The number of ether oxygens (including phenoxy) is 1. The topological polar surface area (TPSA) is 66.8 Å². The van der Waals surface area contributed by atoms with Crippen LogP contribution in [0.15, 0.2) is 59.5 Å². The number of carboxylic acids is 1. The fourth-order valence-electron chi connectivity index (χ4n) is 4.67. The minimum atomic E-state index is -0.965. The summed E-state index contributed by atoms with van der Waals surface area (Å²) in [6, 6.07) is 18.0. The van der Waals surface area contributed by atoms with E-state index in [2.05, 4.69) is 6.07 Å². The number of hydrogen-bond donors (Lipinski definition) is 1. The Hall–Kier alpha value is -3.25. The van der Waals surface area contributed by atoms with E-state index in [1.807, 2.05) is 60.4 Å². The number of carbonyl (C=O) groups excluding carboxylic acids is 1. The number of hydrogen-bond acceptors (Lipinski definition) is 4. The van der Waals surface area contributed by atoms with Gasteiger partial charge in [-0.05, 0) is 78.8 Å². The molecule has 2 aliphatic rings. The second kappa shape index (κ2) is 8.94. The predicted molar refractivity (Wildman–Crippen MR) is 129 cm³/mol. The Morgan fingerprint density at radius 3 is 2.61 bits per heavy atom. The van der Waals surface area contributed by atoms with Gasteiger partial charge in [-0.25, -0.2) is 4.79 Å². The lowest BCUT2D eigenvalue weighted by molar-refractivity contribution is -0.139. The standard InChI is InChI=1S/C27H25NO4S/c1-17-8-10-19(11-9-17)28-14-23-18(4-2-7-22(23)27(28)31)16-33-25-13-12-24(32-15-26(29)30)20-5-3-6-21(20)25/h2,4,7-13H,3,5-6,14-16H2,1H3,(H,29,30). The van der Waals surface area contributed by atoms with Crippen LogP contribution in [0.1, 0.15) is 44.6 Å². The van der Waals surface area contributed by atoms with Crippen LogP contribution in [-0.4, -0.2) is 23.6 Å². The van der Waals surface area contributed by atoms with Gasteiger partial charge in [0, 0.05) is 21.9 Å².